The van der Waals surface area contributed by atoms with E-state index in [2.05, 4.69) is 27.8 Å². The molecule has 1 aromatic rings. The fourth-order valence-electron chi connectivity index (χ4n) is 1.80. The molecule has 0 atom stereocenters. The van der Waals surface area contributed by atoms with Crippen LogP contribution in [-0.2, 0) is 16.3 Å². The smallest absolute Gasteiger partial charge is 0.191 e. The molecule has 0 unspecified atom stereocenters. The number of hydrogen-bond donors (Lipinski definition) is 2. The van der Waals surface area contributed by atoms with Crippen LogP contribution in [0.25, 0.3) is 0 Å². The molecular formula is C16H27N3O2S. The van der Waals surface area contributed by atoms with Crippen molar-refractivity contribution in [1.29, 1.82) is 0 Å². The number of guanidine groups is 1. The molecule has 22 heavy (non-hydrogen) atoms. The van der Waals surface area contributed by atoms with Gasteiger partial charge in [0.15, 0.2) is 15.8 Å². The first-order valence-corrected chi connectivity index (χ1v) is 9.12. The van der Waals surface area contributed by atoms with Gasteiger partial charge >= 0.3 is 0 Å². The van der Waals surface area contributed by atoms with Gasteiger partial charge in [0.25, 0.3) is 0 Å². The van der Waals surface area contributed by atoms with Crippen LogP contribution in [-0.4, -0.2) is 45.0 Å². The summed E-state index contributed by atoms with van der Waals surface area (Å²) < 4.78 is 23.3. The number of sulfone groups is 1. The van der Waals surface area contributed by atoms with Crippen molar-refractivity contribution in [2.45, 2.75) is 31.9 Å². The average molecular weight is 325 g/mol. The van der Waals surface area contributed by atoms with Crippen LogP contribution in [0.5, 0.6) is 0 Å². The summed E-state index contributed by atoms with van der Waals surface area (Å²) in [5, 5.41) is 6.23. The number of benzene rings is 1. The van der Waals surface area contributed by atoms with Crippen LogP contribution in [0, 0.1) is 0 Å². The molecule has 0 bridgehead atoms. The Morgan fingerprint density at radius 1 is 1.09 bits per heavy atom. The summed E-state index contributed by atoms with van der Waals surface area (Å²) in [4.78, 5) is 4.10. The highest BCUT2D eigenvalue weighted by Crippen LogP contribution is 2.15. The first-order valence-electron chi connectivity index (χ1n) is 7.47. The molecule has 0 saturated carbocycles. The van der Waals surface area contributed by atoms with Crippen LogP contribution in [0.3, 0.4) is 0 Å². The van der Waals surface area contributed by atoms with Gasteiger partial charge in [-0.3, -0.25) is 4.99 Å². The molecule has 5 nitrogen and oxygen atoms in total. The number of nitrogens with one attached hydrogen (secondary N) is 2. The third-order valence-corrected chi connectivity index (χ3v) is 5.98. The minimum Gasteiger partial charge on any atom is -0.356 e. The minimum atomic E-state index is -3.11. The number of aliphatic imine (C=N–C) groups is 1. The second kappa shape index (κ2) is 8.17. The first-order chi connectivity index (χ1) is 10.3. The molecule has 0 aliphatic heterocycles. The summed E-state index contributed by atoms with van der Waals surface area (Å²) in [6.45, 7) is 6.25. The Morgan fingerprint density at radius 2 is 1.68 bits per heavy atom. The Kier molecular flexibility index (Phi) is 6.87. The second-order valence-electron chi connectivity index (χ2n) is 6.09. The Bertz CT molecular complexity index is 575. The summed E-state index contributed by atoms with van der Waals surface area (Å²) >= 11 is 0. The highest BCUT2D eigenvalue weighted by Gasteiger charge is 2.28. The largest absolute Gasteiger partial charge is 0.356 e. The molecule has 0 heterocycles. The predicted octanol–water partition coefficient (Wildman–Crippen LogP) is 1.61. The number of rotatable bonds is 6. The van der Waals surface area contributed by atoms with Crippen LogP contribution in [0.2, 0.25) is 0 Å². The molecule has 0 amide bonds. The predicted molar refractivity (Wildman–Crippen MR) is 93.1 cm³/mol. The normalized spacial score (nSPS) is 13.0. The van der Waals surface area contributed by atoms with E-state index in [1.54, 1.807) is 27.8 Å². The topological polar surface area (TPSA) is 70.6 Å². The molecular weight excluding hydrogens is 298 g/mol. The average Bonchev–Trinajstić information content (AvgIpc) is 2.45. The number of nitrogens with zero attached hydrogens (tertiary/aromatic N) is 1. The van der Waals surface area contributed by atoms with Crippen molar-refractivity contribution in [2.24, 2.45) is 4.99 Å². The lowest BCUT2D eigenvalue weighted by Crippen LogP contribution is -2.42. The molecule has 0 aliphatic carbocycles. The van der Waals surface area contributed by atoms with Crippen molar-refractivity contribution in [3.05, 3.63) is 35.9 Å². The van der Waals surface area contributed by atoms with Crippen LogP contribution < -0.4 is 10.6 Å². The van der Waals surface area contributed by atoms with Gasteiger partial charge in [0.1, 0.15) is 0 Å². The zero-order chi connectivity index (χ0) is 16.6. The summed E-state index contributed by atoms with van der Waals surface area (Å²) in [6.07, 6.45) is 0.891. The molecule has 1 rings (SSSR count). The molecule has 0 fully saturated rings. The highest BCUT2D eigenvalue weighted by atomic mass is 32.2. The zero-order valence-corrected chi connectivity index (χ0v) is 14.7. The fourth-order valence-corrected chi connectivity index (χ4v) is 2.78. The zero-order valence-electron chi connectivity index (χ0n) is 13.9. The standard InChI is InChI=1S/C16H27N3O2S/c1-16(2,3)22(20,21)13-12-19-15(17-4)18-11-10-14-8-6-5-7-9-14/h5-9H,10-13H2,1-4H3,(H2,17,18,19). The second-order valence-corrected chi connectivity index (χ2v) is 8.96. The van der Waals surface area contributed by atoms with Crippen molar-refractivity contribution in [3.8, 4) is 0 Å². The van der Waals surface area contributed by atoms with Gasteiger partial charge in [0, 0.05) is 20.1 Å². The maximum Gasteiger partial charge on any atom is 0.191 e. The van der Waals surface area contributed by atoms with E-state index in [4.69, 9.17) is 0 Å². The van der Waals surface area contributed by atoms with Crippen molar-refractivity contribution in [3.63, 3.8) is 0 Å². The van der Waals surface area contributed by atoms with Crippen LogP contribution in [0.1, 0.15) is 26.3 Å². The molecule has 6 heteroatoms. The summed E-state index contributed by atoms with van der Waals surface area (Å²) in [7, 11) is -1.43. The van der Waals surface area contributed by atoms with Gasteiger partial charge in [-0.05, 0) is 32.8 Å². The van der Waals surface area contributed by atoms with E-state index in [0.29, 0.717) is 12.5 Å². The Labute approximate surface area is 134 Å². The Hall–Kier alpha value is -1.56. The Balaban J connectivity index is 2.35. The lowest BCUT2D eigenvalue weighted by Gasteiger charge is -2.19. The van der Waals surface area contributed by atoms with E-state index >= 15 is 0 Å². The van der Waals surface area contributed by atoms with Gasteiger partial charge in [-0.25, -0.2) is 8.42 Å². The van der Waals surface area contributed by atoms with Gasteiger partial charge in [0.2, 0.25) is 0 Å². The quantitative estimate of drug-likeness (QED) is 0.616. The van der Waals surface area contributed by atoms with E-state index in [1.807, 2.05) is 18.2 Å². The minimum absolute atomic E-state index is 0.0931. The summed E-state index contributed by atoms with van der Waals surface area (Å²) in [5.41, 5.74) is 1.25. The third-order valence-electron chi connectivity index (χ3n) is 3.37. The van der Waals surface area contributed by atoms with Gasteiger partial charge in [-0.15, -0.1) is 0 Å². The van der Waals surface area contributed by atoms with Gasteiger partial charge in [-0.2, -0.15) is 0 Å². The maximum absolute atomic E-state index is 12.0. The molecule has 0 radical (unpaired) electrons. The van der Waals surface area contributed by atoms with Crippen LogP contribution in [0.4, 0.5) is 0 Å². The number of hydrogen-bond acceptors (Lipinski definition) is 3. The molecule has 0 spiro atoms. The summed E-state index contributed by atoms with van der Waals surface area (Å²) in [6, 6.07) is 10.2. The lowest BCUT2D eigenvalue weighted by molar-refractivity contribution is 0.559. The highest BCUT2D eigenvalue weighted by molar-refractivity contribution is 7.92. The van der Waals surface area contributed by atoms with Crippen LogP contribution >= 0.6 is 0 Å². The molecule has 1 aromatic carbocycles. The fraction of sp³-hybridized carbons (Fsp3) is 0.562. The monoisotopic (exact) mass is 325 g/mol. The van der Waals surface area contributed by atoms with Gasteiger partial charge in [-0.1, -0.05) is 30.3 Å². The van der Waals surface area contributed by atoms with Gasteiger partial charge in [0.05, 0.1) is 10.5 Å². The maximum atomic E-state index is 12.0. The summed E-state index contributed by atoms with van der Waals surface area (Å²) in [5.74, 6) is 0.718. The SMILES string of the molecule is CN=C(NCCc1ccccc1)NCCS(=O)(=O)C(C)(C)C. The molecule has 0 aromatic heterocycles. The van der Waals surface area contributed by atoms with Crippen molar-refractivity contribution in [1.82, 2.24) is 10.6 Å². The van der Waals surface area contributed by atoms with Crippen LogP contribution in [0.15, 0.2) is 35.3 Å². The molecule has 0 aliphatic rings. The molecule has 0 saturated heterocycles. The van der Waals surface area contributed by atoms with Crippen molar-refractivity contribution in [2.75, 3.05) is 25.9 Å². The van der Waals surface area contributed by atoms with Crippen molar-refractivity contribution < 1.29 is 8.42 Å². The first kappa shape index (κ1) is 18.5. The third kappa shape index (κ3) is 6.05. The van der Waals surface area contributed by atoms with E-state index in [9.17, 15) is 8.42 Å². The van der Waals surface area contributed by atoms with Crippen molar-refractivity contribution >= 4 is 15.8 Å². The molecule has 2 N–H and O–H groups in total. The lowest BCUT2D eigenvalue weighted by atomic mass is 10.1. The Morgan fingerprint density at radius 3 is 2.23 bits per heavy atom. The van der Waals surface area contributed by atoms with E-state index in [1.165, 1.54) is 5.56 Å². The van der Waals surface area contributed by atoms with E-state index in [0.717, 1.165) is 13.0 Å². The molecule has 124 valence electrons. The van der Waals surface area contributed by atoms with E-state index in [-0.39, 0.29) is 5.75 Å². The van der Waals surface area contributed by atoms with E-state index < -0.39 is 14.6 Å². The van der Waals surface area contributed by atoms with Gasteiger partial charge < -0.3 is 10.6 Å².